The molecule has 1 amide bonds. The molecule has 0 saturated carbocycles. The maximum Gasteiger partial charge on any atom is 0.220 e. The van der Waals surface area contributed by atoms with E-state index in [-0.39, 0.29) is 17.2 Å². The predicted octanol–water partition coefficient (Wildman–Crippen LogP) is 2.32. The highest BCUT2D eigenvalue weighted by Crippen LogP contribution is 2.29. The van der Waals surface area contributed by atoms with Crippen LogP contribution in [0.5, 0.6) is 0 Å². The van der Waals surface area contributed by atoms with Crippen LogP contribution in [0.1, 0.15) is 47.0 Å². The highest BCUT2D eigenvalue weighted by atomic mass is 16.1. The molecule has 0 aromatic rings. The molecule has 1 unspecified atom stereocenters. The van der Waals surface area contributed by atoms with E-state index in [4.69, 9.17) is 5.73 Å². The summed E-state index contributed by atoms with van der Waals surface area (Å²) in [6, 6.07) is 0. The van der Waals surface area contributed by atoms with Gasteiger partial charge in [0.2, 0.25) is 5.91 Å². The number of nitrogens with two attached hydrogens (primary N) is 1. The zero-order valence-corrected chi connectivity index (χ0v) is 8.68. The number of carbonyl (C=O) groups is 1. The normalized spacial score (nSPS) is 14.3. The zero-order chi connectivity index (χ0) is 9.78. The lowest BCUT2D eigenvalue weighted by atomic mass is 9.79. The molecule has 2 N–H and O–H groups in total. The van der Waals surface area contributed by atoms with Gasteiger partial charge >= 0.3 is 0 Å². The molecule has 0 saturated heterocycles. The van der Waals surface area contributed by atoms with Gasteiger partial charge in [0.15, 0.2) is 0 Å². The second-order valence-corrected chi connectivity index (χ2v) is 4.23. The van der Waals surface area contributed by atoms with E-state index < -0.39 is 0 Å². The van der Waals surface area contributed by atoms with E-state index in [1.165, 1.54) is 0 Å². The summed E-state index contributed by atoms with van der Waals surface area (Å²) in [6.07, 6.45) is 2.87. The predicted molar refractivity (Wildman–Crippen MR) is 51.7 cm³/mol. The molecule has 0 heterocycles. The van der Waals surface area contributed by atoms with Gasteiger partial charge in [-0.3, -0.25) is 4.79 Å². The molecule has 1 atom stereocenters. The average Bonchev–Trinajstić information content (AvgIpc) is 2.00. The van der Waals surface area contributed by atoms with Gasteiger partial charge in [0.05, 0.1) is 0 Å². The van der Waals surface area contributed by atoms with Gasteiger partial charge in [0, 0.05) is 5.92 Å². The number of rotatable bonds is 5. The molecule has 0 aliphatic heterocycles. The standard InChI is InChI=1S/C10H21NO/c1-5-8(9(11)12)7-10(3,4)6-2/h8H,5-7H2,1-4H3,(H2,11,12). The van der Waals surface area contributed by atoms with Crippen molar-refractivity contribution in [3.05, 3.63) is 0 Å². The van der Waals surface area contributed by atoms with E-state index in [2.05, 4.69) is 20.8 Å². The molecule has 0 fully saturated rings. The summed E-state index contributed by atoms with van der Waals surface area (Å²) >= 11 is 0. The van der Waals surface area contributed by atoms with Gasteiger partial charge < -0.3 is 5.73 Å². The first-order chi connectivity index (χ1) is 5.43. The van der Waals surface area contributed by atoms with Crippen LogP contribution in [-0.4, -0.2) is 5.91 Å². The van der Waals surface area contributed by atoms with Gasteiger partial charge in [-0.25, -0.2) is 0 Å². The van der Waals surface area contributed by atoms with Crippen molar-refractivity contribution in [3.8, 4) is 0 Å². The fraction of sp³-hybridized carbons (Fsp3) is 0.900. The van der Waals surface area contributed by atoms with Crippen molar-refractivity contribution >= 4 is 5.91 Å². The molecule has 0 aromatic heterocycles. The molecule has 0 radical (unpaired) electrons. The second kappa shape index (κ2) is 4.48. The van der Waals surface area contributed by atoms with E-state index in [9.17, 15) is 4.79 Å². The fourth-order valence-corrected chi connectivity index (χ4v) is 1.26. The van der Waals surface area contributed by atoms with E-state index >= 15 is 0 Å². The molecular formula is C10H21NO. The topological polar surface area (TPSA) is 43.1 Å². The summed E-state index contributed by atoms with van der Waals surface area (Å²) < 4.78 is 0. The van der Waals surface area contributed by atoms with Gasteiger partial charge in [-0.2, -0.15) is 0 Å². The quantitative estimate of drug-likeness (QED) is 0.677. The van der Waals surface area contributed by atoms with Crippen molar-refractivity contribution in [2.24, 2.45) is 17.1 Å². The minimum absolute atomic E-state index is 0.0555. The number of hydrogen-bond donors (Lipinski definition) is 1. The molecule has 0 aliphatic rings. The first kappa shape index (κ1) is 11.5. The lowest BCUT2D eigenvalue weighted by molar-refractivity contribution is -0.122. The number of primary amides is 1. The molecule has 72 valence electrons. The van der Waals surface area contributed by atoms with Crippen LogP contribution in [-0.2, 0) is 4.79 Å². The summed E-state index contributed by atoms with van der Waals surface area (Å²) in [5.74, 6) is -0.0982. The molecule has 2 heteroatoms. The van der Waals surface area contributed by atoms with Crippen LogP contribution in [0.15, 0.2) is 0 Å². The maximum atomic E-state index is 10.9. The summed E-state index contributed by atoms with van der Waals surface area (Å²) in [5, 5.41) is 0. The highest BCUT2D eigenvalue weighted by molar-refractivity contribution is 5.76. The largest absolute Gasteiger partial charge is 0.369 e. The van der Waals surface area contributed by atoms with Crippen LogP contribution in [0.3, 0.4) is 0 Å². The molecule has 0 aliphatic carbocycles. The Kier molecular flexibility index (Phi) is 4.29. The summed E-state index contributed by atoms with van der Waals surface area (Å²) in [7, 11) is 0. The Labute approximate surface area is 75.5 Å². The molecular weight excluding hydrogens is 150 g/mol. The lowest BCUT2D eigenvalue weighted by Crippen LogP contribution is -2.27. The Morgan fingerprint density at radius 1 is 1.42 bits per heavy atom. The van der Waals surface area contributed by atoms with E-state index in [1.54, 1.807) is 0 Å². The van der Waals surface area contributed by atoms with Crippen LogP contribution in [0, 0.1) is 11.3 Å². The maximum absolute atomic E-state index is 10.9. The van der Waals surface area contributed by atoms with Crippen LogP contribution in [0.25, 0.3) is 0 Å². The van der Waals surface area contributed by atoms with Crippen molar-refractivity contribution in [1.82, 2.24) is 0 Å². The molecule has 0 spiro atoms. The van der Waals surface area contributed by atoms with Crippen LogP contribution < -0.4 is 5.73 Å². The first-order valence-electron chi connectivity index (χ1n) is 4.72. The average molecular weight is 171 g/mol. The van der Waals surface area contributed by atoms with Crippen molar-refractivity contribution in [2.75, 3.05) is 0 Å². The molecule has 0 bridgehead atoms. The van der Waals surface area contributed by atoms with Crippen molar-refractivity contribution in [3.63, 3.8) is 0 Å². The number of hydrogen-bond acceptors (Lipinski definition) is 1. The summed E-state index contributed by atoms with van der Waals surface area (Å²) in [4.78, 5) is 10.9. The third kappa shape index (κ3) is 3.74. The van der Waals surface area contributed by atoms with Gasteiger partial charge in [0.25, 0.3) is 0 Å². The number of carbonyl (C=O) groups excluding carboxylic acids is 1. The highest BCUT2D eigenvalue weighted by Gasteiger charge is 2.23. The Bertz CT molecular complexity index is 152. The zero-order valence-electron chi connectivity index (χ0n) is 8.68. The van der Waals surface area contributed by atoms with Gasteiger partial charge in [0.1, 0.15) is 0 Å². The smallest absolute Gasteiger partial charge is 0.220 e. The minimum atomic E-state index is -0.154. The van der Waals surface area contributed by atoms with Crippen LogP contribution in [0.4, 0.5) is 0 Å². The van der Waals surface area contributed by atoms with Gasteiger partial charge in [-0.05, 0) is 18.3 Å². The summed E-state index contributed by atoms with van der Waals surface area (Å²) in [6.45, 7) is 8.52. The first-order valence-corrected chi connectivity index (χ1v) is 4.72. The molecule has 2 nitrogen and oxygen atoms in total. The minimum Gasteiger partial charge on any atom is -0.369 e. The van der Waals surface area contributed by atoms with Crippen LogP contribution >= 0.6 is 0 Å². The molecule has 0 aromatic carbocycles. The lowest BCUT2D eigenvalue weighted by Gasteiger charge is -2.26. The Hall–Kier alpha value is -0.530. The van der Waals surface area contributed by atoms with Crippen molar-refractivity contribution in [2.45, 2.75) is 47.0 Å². The van der Waals surface area contributed by atoms with E-state index in [0.29, 0.717) is 0 Å². The Balaban J connectivity index is 4.11. The number of amides is 1. The SMILES string of the molecule is CCC(CC(C)(C)CC)C(N)=O. The molecule has 12 heavy (non-hydrogen) atoms. The third-order valence-corrected chi connectivity index (χ3v) is 2.65. The van der Waals surface area contributed by atoms with Crippen molar-refractivity contribution in [1.29, 1.82) is 0 Å². The summed E-state index contributed by atoms with van der Waals surface area (Å²) in [5.41, 5.74) is 5.52. The monoisotopic (exact) mass is 171 g/mol. The van der Waals surface area contributed by atoms with E-state index in [0.717, 1.165) is 19.3 Å². The van der Waals surface area contributed by atoms with Crippen molar-refractivity contribution < 1.29 is 4.79 Å². The van der Waals surface area contributed by atoms with Gasteiger partial charge in [-0.15, -0.1) is 0 Å². The third-order valence-electron chi connectivity index (χ3n) is 2.65. The molecule has 0 rings (SSSR count). The Morgan fingerprint density at radius 2 is 1.92 bits per heavy atom. The fourth-order valence-electron chi connectivity index (χ4n) is 1.26. The van der Waals surface area contributed by atoms with Crippen LogP contribution in [0.2, 0.25) is 0 Å². The van der Waals surface area contributed by atoms with E-state index in [1.807, 2.05) is 6.92 Å². The van der Waals surface area contributed by atoms with Gasteiger partial charge in [-0.1, -0.05) is 34.1 Å². The Morgan fingerprint density at radius 3 is 2.17 bits per heavy atom. The second-order valence-electron chi connectivity index (χ2n) is 4.23.